The zero-order valence-electron chi connectivity index (χ0n) is 12.9. The maximum atomic E-state index is 12.1. The van der Waals surface area contributed by atoms with Crippen LogP contribution in [-0.4, -0.2) is 15.9 Å². The number of aryl methyl sites for hydroxylation is 1. The van der Waals surface area contributed by atoms with Crippen molar-refractivity contribution >= 4 is 17.2 Å². The van der Waals surface area contributed by atoms with Crippen molar-refractivity contribution in [3.05, 3.63) is 59.3 Å². The summed E-state index contributed by atoms with van der Waals surface area (Å²) in [6.45, 7) is 3.78. The largest absolute Gasteiger partial charge is 0.464 e. The molecule has 1 atom stereocenters. The van der Waals surface area contributed by atoms with Gasteiger partial charge in [0.25, 0.3) is 0 Å². The van der Waals surface area contributed by atoms with Gasteiger partial charge in [-0.2, -0.15) is 0 Å². The number of hydrogen-bond donors (Lipinski definition) is 1. The van der Waals surface area contributed by atoms with E-state index in [2.05, 4.69) is 15.3 Å². The molecule has 5 nitrogen and oxygen atoms in total. The van der Waals surface area contributed by atoms with Crippen LogP contribution < -0.4 is 5.32 Å². The van der Waals surface area contributed by atoms with Crippen LogP contribution in [0.2, 0.25) is 0 Å². The Hall–Kier alpha value is -2.47. The fourth-order valence-electron chi connectivity index (χ4n) is 2.22. The van der Waals surface area contributed by atoms with Crippen LogP contribution in [0.25, 0.3) is 10.6 Å². The Kier molecular flexibility index (Phi) is 4.52. The highest BCUT2D eigenvalue weighted by Gasteiger charge is 2.14. The highest BCUT2D eigenvalue weighted by molar-refractivity contribution is 7.13. The molecule has 1 N–H and O–H groups in total. The van der Waals surface area contributed by atoms with Crippen LogP contribution in [0, 0.1) is 6.92 Å². The normalized spacial score (nSPS) is 12.1. The van der Waals surface area contributed by atoms with Gasteiger partial charge in [-0.15, -0.1) is 11.3 Å². The minimum Gasteiger partial charge on any atom is -0.464 e. The van der Waals surface area contributed by atoms with E-state index >= 15 is 0 Å². The van der Waals surface area contributed by atoms with Crippen molar-refractivity contribution in [3.63, 3.8) is 0 Å². The summed E-state index contributed by atoms with van der Waals surface area (Å²) in [6, 6.07) is 7.43. The Labute approximate surface area is 138 Å². The van der Waals surface area contributed by atoms with Crippen LogP contribution >= 0.6 is 11.3 Å². The molecule has 0 aliphatic rings. The number of pyridine rings is 1. The van der Waals surface area contributed by atoms with Crippen LogP contribution in [0.15, 0.2) is 46.5 Å². The lowest BCUT2D eigenvalue weighted by molar-refractivity contribution is -0.121. The first-order valence-electron chi connectivity index (χ1n) is 7.32. The van der Waals surface area contributed by atoms with E-state index in [9.17, 15) is 4.79 Å². The van der Waals surface area contributed by atoms with Gasteiger partial charge in [-0.05, 0) is 38.1 Å². The molecule has 0 spiro atoms. The fraction of sp³-hybridized carbons (Fsp3) is 0.235. The van der Waals surface area contributed by atoms with Crippen molar-refractivity contribution < 1.29 is 9.21 Å². The highest BCUT2D eigenvalue weighted by atomic mass is 32.1. The molecule has 3 aromatic heterocycles. The summed E-state index contributed by atoms with van der Waals surface area (Å²) in [7, 11) is 0. The second-order valence-corrected chi connectivity index (χ2v) is 6.16. The molecule has 23 heavy (non-hydrogen) atoms. The Bertz CT molecular complexity index is 795. The number of hydrogen-bond acceptors (Lipinski definition) is 5. The molecule has 0 radical (unpaired) electrons. The zero-order valence-corrected chi connectivity index (χ0v) is 13.8. The zero-order chi connectivity index (χ0) is 16.2. The van der Waals surface area contributed by atoms with Gasteiger partial charge in [-0.3, -0.25) is 9.78 Å². The Morgan fingerprint density at radius 2 is 2.26 bits per heavy atom. The Morgan fingerprint density at radius 1 is 1.39 bits per heavy atom. The van der Waals surface area contributed by atoms with E-state index in [4.69, 9.17) is 4.42 Å². The van der Waals surface area contributed by atoms with Gasteiger partial charge in [0.15, 0.2) is 0 Å². The number of nitrogens with one attached hydrogen (secondary N) is 1. The van der Waals surface area contributed by atoms with Crippen molar-refractivity contribution in [1.29, 1.82) is 0 Å². The van der Waals surface area contributed by atoms with Crippen LogP contribution in [0.4, 0.5) is 0 Å². The number of aromatic nitrogens is 2. The second kappa shape index (κ2) is 6.75. The third-order valence-corrected chi connectivity index (χ3v) is 4.31. The second-order valence-electron chi connectivity index (χ2n) is 5.30. The van der Waals surface area contributed by atoms with Crippen molar-refractivity contribution in [1.82, 2.24) is 15.3 Å². The molecular weight excluding hydrogens is 310 g/mol. The predicted molar refractivity (Wildman–Crippen MR) is 89.1 cm³/mol. The molecule has 0 fully saturated rings. The Morgan fingerprint density at radius 3 is 2.96 bits per heavy atom. The molecule has 0 aliphatic carbocycles. The summed E-state index contributed by atoms with van der Waals surface area (Å²) < 4.78 is 5.52. The third-order valence-electron chi connectivity index (χ3n) is 3.37. The third kappa shape index (κ3) is 3.84. The van der Waals surface area contributed by atoms with Crippen LogP contribution in [0.1, 0.15) is 30.2 Å². The van der Waals surface area contributed by atoms with Crippen molar-refractivity contribution in [2.75, 3.05) is 0 Å². The molecule has 3 heterocycles. The first-order chi connectivity index (χ1) is 11.1. The number of thiazole rings is 1. The fourth-order valence-corrected chi connectivity index (χ4v) is 3.03. The highest BCUT2D eigenvalue weighted by Crippen LogP contribution is 2.23. The molecule has 0 saturated heterocycles. The average molecular weight is 327 g/mol. The molecule has 0 saturated carbocycles. The lowest BCUT2D eigenvalue weighted by Crippen LogP contribution is -2.27. The van der Waals surface area contributed by atoms with Gasteiger partial charge in [-0.25, -0.2) is 4.98 Å². The van der Waals surface area contributed by atoms with Gasteiger partial charge in [0.2, 0.25) is 5.91 Å². The van der Waals surface area contributed by atoms with Gasteiger partial charge in [-0.1, -0.05) is 0 Å². The van der Waals surface area contributed by atoms with E-state index in [0.717, 1.165) is 27.8 Å². The van der Waals surface area contributed by atoms with Crippen molar-refractivity contribution in [2.45, 2.75) is 26.3 Å². The maximum Gasteiger partial charge on any atom is 0.226 e. The monoisotopic (exact) mass is 327 g/mol. The van der Waals surface area contributed by atoms with Crippen LogP contribution in [0.5, 0.6) is 0 Å². The van der Waals surface area contributed by atoms with E-state index in [-0.39, 0.29) is 18.4 Å². The summed E-state index contributed by atoms with van der Waals surface area (Å²) in [5.41, 5.74) is 1.72. The molecule has 118 valence electrons. The molecule has 0 aromatic carbocycles. The number of carbonyl (C=O) groups excluding carboxylic acids is 1. The summed E-state index contributed by atoms with van der Waals surface area (Å²) in [4.78, 5) is 20.7. The molecule has 0 bridgehead atoms. The van der Waals surface area contributed by atoms with Gasteiger partial charge in [0, 0.05) is 23.3 Å². The number of amides is 1. The molecule has 0 aliphatic heterocycles. The molecule has 1 amide bonds. The molecular formula is C17H17N3O2S. The lowest BCUT2D eigenvalue weighted by Gasteiger charge is -2.10. The summed E-state index contributed by atoms with van der Waals surface area (Å²) in [5.74, 6) is 1.52. The van der Waals surface area contributed by atoms with E-state index in [1.807, 2.05) is 43.5 Å². The first-order valence-corrected chi connectivity index (χ1v) is 8.20. The molecule has 3 aromatic rings. The van der Waals surface area contributed by atoms with E-state index in [1.165, 1.54) is 11.3 Å². The summed E-state index contributed by atoms with van der Waals surface area (Å²) >= 11 is 1.51. The predicted octanol–water partition coefficient (Wildman–Crippen LogP) is 3.53. The first kappa shape index (κ1) is 15.4. The van der Waals surface area contributed by atoms with E-state index in [1.54, 1.807) is 12.4 Å². The molecule has 6 heteroatoms. The topological polar surface area (TPSA) is 68.0 Å². The number of furan rings is 1. The van der Waals surface area contributed by atoms with Crippen LogP contribution in [0.3, 0.4) is 0 Å². The Balaban J connectivity index is 1.61. The van der Waals surface area contributed by atoms with Gasteiger partial charge in [0.05, 0.1) is 18.2 Å². The quantitative estimate of drug-likeness (QED) is 0.778. The number of carbonyl (C=O) groups is 1. The van der Waals surface area contributed by atoms with Gasteiger partial charge >= 0.3 is 0 Å². The summed E-state index contributed by atoms with van der Waals surface area (Å²) in [5, 5.41) is 5.70. The average Bonchev–Trinajstić information content (AvgIpc) is 3.17. The van der Waals surface area contributed by atoms with Gasteiger partial charge in [0.1, 0.15) is 16.5 Å². The van der Waals surface area contributed by atoms with Gasteiger partial charge < -0.3 is 9.73 Å². The van der Waals surface area contributed by atoms with E-state index in [0.29, 0.717) is 0 Å². The number of nitrogens with zero attached hydrogens (tertiary/aromatic N) is 2. The molecule has 3 rings (SSSR count). The van der Waals surface area contributed by atoms with Crippen molar-refractivity contribution in [3.8, 4) is 10.6 Å². The molecule has 1 unspecified atom stereocenters. The SMILES string of the molecule is Cc1ccc(C(C)NC(=O)Cc2csc(-c3cccnc3)n2)o1. The standard InChI is InChI=1S/C17H17N3O2S/c1-11-5-6-15(22-11)12(2)19-16(21)8-14-10-23-17(20-14)13-4-3-7-18-9-13/h3-7,9-10,12H,8H2,1-2H3,(H,19,21). The number of rotatable bonds is 5. The minimum absolute atomic E-state index is 0.0745. The smallest absolute Gasteiger partial charge is 0.226 e. The van der Waals surface area contributed by atoms with E-state index < -0.39 is 0 Å². The maximum absolute atomic E-state index is 12.1. The van der Waals surface area contributed by atoms with Crippen molar-refractivity contribution in [2.24, 2.45) is 0 Å². The minimum atomic E-state index is -0.160. The summed E-state index contributed by atoms with van der Waals surface area (Å²) in [6.07, 6.45) is 3.74. The lowest BCUT2D eigenvalue weighted by atomic mass is 10.2. The van der Waals surface area contributed by atoms with Crippen LogP contribution in [-0.2, 0) is 11.2 Å².